The van der Waals surface area contributed by atoms with Gasteiger partial charge in [0, 0.05) is 6.54 Å². The van der Waals surface area contributed by atoms with Crippen LogP contribution in [0.25, 0.3) is 0 Å². The van der Waals surface area contributed by atoms with Crippen molar-refractivity contribution in [2.45, 2.75) is 6.54 Å². The van der Waals surface area contributed by atoms with E-state index in [1.54, 1.807) is 10.9 Å². The number of thioether (sulfide) groups is 1. The van der Waals surface area contributed by atoms with E-state index < -0.39 is 0 Å². The molecule has 1 rings (SSSR count). The fraction of sp³-hybridized carbons (Fsp3) is 0.600. The van der Waals surface area contributed by atoms with E-state index in [0.717, 1.165) is 17.6 Å². The molecule has 0 N–H and O–H groups in total. The van der Waals surface area contributed by atoms with E-state index in [1.165, 1.54) is 11.8 Å². The number of carbonyl (C=O) groups is 1. The van der Waals surface area contributed by atoms with Crippen molar-refractivity contribution in [2.24, 2.45) is 0 Å². The molecule has 0 unspecified atom stereocenters. The Morgan fingerprint density at radius 3 is 2.88 bits per heavy atom. The Labute approximate surface area is 109 Å². The summed E-state index contributed by atoms with van der Waals surface area (Å²) in [5, 5.41) is 4.20. The number of aromatic nitrogens is 2. The molecule has 1 heterocycles. The van der Waals surface area contributed by atoms with E-state index in [2.05, 4.69) is 25.9 Å². The van der Waals surface area contributed by atoms with E-state index in [9.17, 15) is 4.79 Å². The summed E-state index contributed by atoms with van der Waals surface area (Å²) in [6, 6.07) is 0. The maximum absolute atomic E-state index is 11.9. The van der Waals surface area contributed by atoms with E-state index in [-0.39, 0.29) is 5.78 Å². The largest absolute Gasteiger partial charge is 0.308 e. The number of hydrogen-bond donors (Lipinski definition) is 0. The van der Waals surface area contributed by atoms with Crippen LogP contribution in [0.2, 0.25) is 0 Å². The summed E-state index contributed by atoms with van der Waals surface area (Å²) >= 11 is 4.90. The van der Waals surface area contributed by atoms with Gasteiger partial charge in [-0.05, 0) is 36.3 Å². The van der Waals surface area contributed by atoms with Gasteiger partial charge in [-0.25, -0.2) is 0 Å². The van der Waals surface area contributed by atoms with Crippen LogP contribution in [0, 0.1) is 0 Å². The fourth-order valence-electron chi connectivity index (χ4n) is 1.30. The van der Waals surface area contributed by atoms with Gasteiger partial charge in [0.1, 0.15) is 5.69 Å². The molecule has 1 aromatic heterocycles. The number of likely N-dealkylation sites (N-methyl/N-ethyl adjacent to an activating group) is 1. The molecule has 0 fully saturated rings. The van der Waals surface area contributed by atoms with Crippen LogP contribution in [0.3, 0.4) is 0 Å². The summed E-state index contributed by atoms with van der Waals surface area (Å²) in [6.07, 6.45) is 3.61. The lowest BCUT2D eigenvalue weighted by atomic mass is 10.3. The van der Waals surface area contributed by atoms with Crippen LogP contribution in [0.15, 0.2) is 10.7 Å². The van der Waals surface area contributed by atoms with Gasteiger partial charge in [-0.15, -0.1) is 0 Å². The molecule has 0 bridgehead atoms. The second-order valence-corrected chi connectivity index (χ2v) is 5.44. The Morgan fingerprint density at radius 2 is 2.31 bits per heavy atom. The molecule has 0 saturated heterocycles. The molecule has 0 spiro atoms. The average Bonchev–Trinajstić information content (AvgIpc) is 2.57. The monoisotopic (exact) mass is 305 g/mol. The first-order valence-corrected chi connectivity index (χ1v) is 7.13. The first-order valence-electron chi connectivity index (χ1n) is 4.94. The van der Waals surface area contributed by atoms with Gasteiger partial charge in [0.25, 0.3) is 0 Å². The number of ketones is 1. The van der Waals surface area contributed by atoms with E-state index >= 15 is 0 Å². The minimum Gasteiger partial charge on any atom is -0.308 e. The van der Waals surface area contributed by atoms with Crippen molar-refractivity contribution < 1.29 is 4.79 Å². The first kappa shape index (κ1) is 13.7. The predicted octanol–water partition coefficient (Wildman–Crippen LogP) is 1.75. The van der Waals surface area contributed by atoms with Crippen molar-refractivity contribution in [3.05, 3.63) is 16.4 Å². The van der Waals surface area contributed by atoms with Gasteiger partial charge < -0.3 is 4.90 Å². The molecule has 6 heteroatoms. The highest BCUT2D eigenvalue weighted by molar-refractivity contribution is 9.10. The van der Waals surface area contributed by atoms with Crippen molar-refractivity contribution in [3.63, 3.8) is 0 Å². The normalized spacial score (nSPS) is 11.1. The molecule has 1 aromatic rings. The fourth-order valence-corrected chi connectivity index (χ4v) is 2.22. The molecule has 0 radical (unpaired) electrons. The summed E-state index contributed by atoms with van der Waals surface area (Å²) in [7, 11) is 4.00. The third kappa shape index (κ3) is 3.61. The van der Waals surface area contributed by atoms with Crippen LogP contribution in [0.1, 0.15) is 10.5 Å². The molecule has 4 nitrogen and oxygen atoms in total. The van der Waals surface area contributed by atoms with Crippen molar-refractivity contribution in [1.29, 1.82) is 0 Å². The van der Waals surface area contributed by atoms with Crippen molar-refractivity contribution in [3.8, 4) is 0 Å². The van der Waals surface area contributed by atoms with Crippen molar-refractivity contribution in [1.82, 2.24) is 14.7 Å². The molecule has 16 heavy (non-hydrogen) atoms. The maximum Gasteiger partial charge on any atom is 0.191 e. The summed E-state index contributed by atoms with van der Waals surface area (Å²) in [5.41, 5.74) is 0.677. The summed E-state index contributed by atoms with van der Waals surface area (Å²) < 4.78 is 2.55. The second kappa shape index (κ2) is 6.42. The molecule has 0 saturated carbocycles. The summed E-state index contributed by atoms with van der Waals surface area (Å²) in [4.78, 5) is 13.9. The van der Waals surface area contributed by atoms with Gasteiger partial charge in [0.15, 0.2) is 5.78 Å². The standard InChI is InChI=1S/C10H16BrN3OS/c1-13(2)4-5-14-10(8(11)6-12-14)9(15)7-16-3/h6H,4-5,7H2,1-3H3. The SMILES string of the molecule is CSCC(=O)c1c(Br)cnn1CCN(C)C. The van der Waals surface area contributed by atoms with Crippen LogP contribution in [-0.2, 0) is 6.54 Å². The van der Waals surface area contributed by atoms with Gasteiger partial charge in [-0.3, -0.25) is 9.48 Å². The van der Waals surface area contributed by atoms with Crippen LogP contribution in [-0.4, -0.2) is 53.1 Å². The Hall–Kier alpha value is -0.330. The zero-order valence-electron chi connectivity index (χ0n) is 9.73. The Morgan fingerprint density at radius 1 is 1.62 bits per heavy atom. The molecule has 0 aromatic carbocycles. The smallest absolute Gasteiger partial charge is 0.191 e. The van der Waals surface area contributed by atoms with Gasteiger partial charge in [-0.2, -0.15) is 16.9 Å². The van der Waals surface area contributed by atoms with Crippen LogP contribution in [0.4, 0.5) is 0 Å². The number of rotatable bonds is 6. The minimum atomic E-state index is 0.121. The third-order valence-corrected chi connectivity index (χ3v) is 3.22. The molecule has 0 aliphatic rings. The van der Waals surface area contributed by atoms with Gasteiger partial charge in [0.2, 0.25) is 0 Å². The van der Waals surface area contributed by atoms with Crippen LogP contribution < -0.4 is 0 Å². The molecular formula is C10H16BrN3OS. The highest BCUT2D eigenvalue weighted by atomic mass is 79.9. The zero-order valence-corrected chi connectivity index (χ0v) is 12.1. The Kier molecular flexibility index (Phi) is 5.51. The molecular weight excluding hydrogens is 290 g/mol. The molecule has 0 amide bonds. The molecule has 0 aliphatic heterocycles. The van der Waals surface area contributed by atoms with Gasteiger partial charge >= 0.3 is 0 Å². The highest BCUT2D eigenvalue weighted by Crippen LogP contribution is 2.17. The average molecular weight is 306 g/mol. The number of Topliss-reactive ketones (excluding diaryl/α,β-unsaturated/α-hetero) is 1. The summed E-state index contributed by atoms with van der Waals surface area (Å²) in [5.74, 6) is 0.613. The topological polar surface area (TPSA) is 38.1 Å². The van der Waals surface area contributed by atoms with Crippen LogP contribution in [0.5, 0.6) is 0 Å². The lowest BCUT2D eigenvalue weighted by Crippen LogP contribution is -2.22. The van der Waals surface area contributed by atoms with E-state index in [1.807, 2.05) is 20.4 Å². The number of carbonyl (C=O) groups excluding carboxylic acids is 1. The lowest BCUT2D eigenvalue weighted by molar-refractivity contribution is 0.101. The molecule has 0 aliphatic carbocycles. The molecule has 90 valence electrons. The highest BCUT2D eigenvalue weighted by Gasteiger charge is 2.16. The second-order valence-electron chi connectivity index (χ2n) is 3.72. The van der Waals surface area contributed by atoms with Crippen LogP contribution >= 0.6 is 27.7 Å². The van der Waals surface area contributed by atoms with E-state index in [4.69, 9.17) is 0 Å². The molecule has 0 atom stereocenters. The number of hydrogen-bond acceptors (Lipinski definition) is 4. The lowest BCUT2D eigenvalue weighted by Gasteiger charge is -2.11. The maximum atomic E-state index is 11.9. The third-order valence-electron chi connectivity index (χ3n) is 2.09. The Balaban J connectivity index is 2.81. The van der Waals surface area contributed by atoms with Gasteiger partial charge in [0.05, 0.1) is 23.0 Å². The Bertz CT molecular complexity index is 365. The predicted molar refractivity (Wildman–Crippen MR) is 71.2 cm³/mol. The minimum absolute atomic E-state index is 0.121. The van der Waals surface area contributed by atoms with Crippen molar-refractivity contribution >= 4 is 33.5 Å². The number of halogens is 1. The quantitative estimate of drug-likeness (QED) is 0.751. The van der Waals surface area contributed by atoms with Crippen molar-refractivity contribution in [2.75, 3.05) is 32.6 Å². The van der Waals surface area contributed by atoms with E-state index in [0.29, 0.717) is 11.4 Å². The van der Waals surface area contributed by atoms with Gasteiger partial charge in [-0.1, -0.05) is 0 Å². The summed E-state index contributed by atoms with van der Waals surface area (Å²) in [6.45, 7) is 1.60. The first-order chi connectivity index (χ1) is 7.56. The zero-order chi connectivity index (χ0) is 12.1. The number of nitrogens with zero attached hydrogens (tertiary/aromatic N) is 3.